The number of benzene rings is 1. The normalized spacial score (nSPS) is 24.2. The van der Waals surface area contributed by atoms with Crippen LogP contribution >= 0.6 is 0 Å². The van der Waals surface area contributed by atoms with Crippen molar-refractivity contribution in [1.29, 1.82) is 0 Å². The first kappa shape index (κ1) is 23.4. The summed E-state index contributed by atoms with van der Waals surface area (Å²) < 4.78 is 5.51. The Bertz CT molecular complexity index is 930. The average Bonchev–Trinajstić information content (AvgIpc) is 3.26. The van der Waals surface area contributed by atoms with Crippen LogP contribution in [0.2, 0.25) is 0 Å². The maximum atomic E-state index is 12.7. The molecular weight excluding hydrogens is 414 g/mol. The van der Waals surface area contributed by atoms with Gasteiger partial charge in [-0.15, -0.1) is 0 Å². The molecule has 0 fully saturated rings. The predicted octanol–water partition coefficient (Wildman–Crippen LogP) is 0.181. The molecule has 1 aliphatic rings. The highest BCUT2D eigenvalue weighted by Gasteiger charge is 2.29. The van der Waals surface area contributed by atoms with Gasteiger partial charge in [0, 0.05) is 13.0 Å². The Balaban J connectivity index is 1.89. The molecule has 0 spiro atoms. The van der Waals surface area contributed by atoms with Crippen LogP contribution in [-0.4, -0.2) is 52.5 Å². The number of oxazole rings is 1. The summed E-state index contributed by atoms with van der Waals surface area (Å²) in [6, 6.07) is 6.96. The van der Waals surface area contributed by atoms with Gasteiger partial charge < -0.3 is 31.2 Å². The van der Waals surface area contributed by atoms with Crippen LogP contribution in [0.4, 0.5) is 0 Å². The zero-order chi connectivity index (χ0) is 23.1. The molecule has 3 amide bonds. The third-order valence-corrected chi connectivity index (χ3v) is 5.28. The van der Waals surface area contributed by atoms with Crippen molar-refractivity contribution >= 4 is 17.7 Å². The molecule has 6 N–H and O–H groups in total. The fourth-order valence-corrected chi connectivity index (χ4v) is 3.44. The highest BCUT2D eigenvalue weighted by Crippen LogP contribution is 2.19. The fourth-order valence-electron chi connectivity index (χ4n) is 3.44. The Hall–Kier alpha value is -3.24. The van der Waals surface area contributed by atoms with Crippen molar-refractivity contribution < 1.29 is 23.9 Å². The largest absolute Gasteiger partial charge is 0.446 e. The first-order valence-electron chi connectivity index (χ1n) is 10.7. The monoisotopic (exact) mass is 443 g/mol. The molecule has 2 heterocycles. The van der Waals surface area contributed by atoms with E-state index in [2.05, 4.69) is 20.9 Å². The highest BCUT2D eigenvalue weighted by atomic mass is 16.3. The Morgan fingerprint density at radius 3 is 2.62 bits per heavy atom. The summed E-state index contributed by atoms with van der Waals surface area (Å²) >= 11 is 0. The van der Waals surface area contributed by atoms with Crippen molar-refractivity contribution in [3.8, 4) is 0 Å². The number of aliphatic hydroxyl groups excluding tert-OH is 1. The van der Waals surface area contributed by atoms with Gasteiger partial charge in [-0.05, 0) is 31.7 Å². The fraction of sp³-hybridized carbons (Fsp3) is 0.455. The summed E-state index contributed by atoms with van der Waals surface area (Å²) in [5, 5.41) is 18.0. The number of rotatable bonds is 3. The predicted molar refractivity (Wildman–Crippen MR) is 115 cm³/mol. The van der Waals surface area contributed by atoms with Crippen LogP contribution in [0.1, 0.15) is 54.2 Å². The summed E-state index contributed by atoms with van der Waals surface area (Å²) in [5.74, 6) is -1.38. The van der Waals surface area contributed by atoms with E-state index in [1.807, 2.05) is 30.3 Å². The van der Waals surface area contributed by atoms with E-state index in [0.29, 0.717) is 32.2 Å². The molecule has 4 atom stereocenters. The topological polar surface area (TPSA) is 160 Å². The zero-order valence-corrected chi connectivity index (χ0v) is 17.9. The zero-order valence-electron chi connectivity index (χ0n) is 17.9. The standard InChI is InChI=1S/C22H29N5O5/c1-13(28)18-21(31)24-10-6-5-9-15(23)19(29)25-16(11-14-7-3-2-4-8-14)22-26-17(12-32-22)20(30)27-18/h2-4,7-8,12-13,15-16,18,28H,5-6,9-11,23H2,1H3,(H,24,31)(H,25,29)(H,27,30)/t13-,15+,16+,18+/m1/s1. The quantitative estimate of drug-likeness (QED) is 0.452. The third-order valence-electron chi connectivity index (χ3n) is 5.28. The average molecular weight is 444 g/mol. The minimum Gasteiger partial charge on any atom is -0.446 e. The summed E-state index contributed by atoms with van der Waals surface area (Å²) in [4.78, 5) is 42.0. The number of aromatic nitrogens is 1. The SMILES string of the molecule is C[C@@H](O)[C@@H]1NC(=O)c2coc(n2)[C@H](Cc2ccccc2)NC(=O)[C@@H](N)CCCCNC1=O. The van der Waals surface area contributed by atoms with Crippen LogP contribution in [0.3, 0.4) is 0 Å². The molecule has 0 saturated carbocycles. The molecule has 0 radical (unpaired) electrons. The number of hydrogen-bond donors (Lipinski definition) is 5. The maximum Gasteiger partial charge on any atom is 0.273 e. The molecule has 10 heteroatoms. The lowest BCUT2D eigenvalue weighted by Crippen LogP contribution is -2.52. The molecule has 1 aliphatic heterocycles. The Morgan fingerprint density at radius 1 is 1.16 bits per heavy atom. The molecule has 1 aromatic carbocycles. The highest BCUT2D eigenvalue weighted by molar-refractivity contribution is 5.96. The van der Waals surface area contributed by atoms with E-state index in [0.717, 1.165) is 11.8 Å². The van der Waals surface area contributed by atoms with Crippen molar-refractivity contribution in [3.63, 3.8) is 0 Å². The molecule has 2 aromatic rings. The van der Waals surface area contributed by atoms with Crippen LogP contribution < -0.4 is 21.7 Å². The van der Waals surface area contributed by atoms with Gasteiger partial charge in [0.25, 0.3) is 5.91 Å². The van der Waals surface area contributed by atoms with E-state index in [1.165, 1.54) is 6.92 Å². The van der Waals surface area contributed by atoms with Crippen molar-refractivity contribution in [3.05, 3.63) is 53.7 Å². The molecule has 3 rings (SSSR count). The Morgan fingerprint density at radius 2 is 1.91 bits per heavy atom. The maximum absolute atomic E-state index is 12.7. The van der Waals surface area contributed by atoms with Crippen LogP contribution in [0.15, 0.2) is 41.0 Å². The van der Waals surface area contributed by atoms with Gasteiger partial charge in [0.05, 0.1) is 12.1 Å². The third kappa shape index (κ3) is 6.14. The van der Waals surface area contributed by atoms with Gasteiger partial charge in [-0.1, -0.05) is 30.3 Å². The molecule has 0 aliphatic carbocycles. The molecule has 0 unspecified atom stereocenters. The second-order valence-corrected chi connectivity index (χ2v) is 7.91. The van der Waals surface area contributed by atoms with Crippen LogP contribution in [-0.2, 0) is 16.0 Å². The van der Waals surface area contributed by atoms with Crippen LogP contribution in [0, 0.1) is 0 Å². The number of aliphatic hydroxyl groups is 1. The molecular formula is C22H29N5O5. The molecule has 32 heavy (non-hydrogen) atoms. The van der Waals surface area contributed by atoms with E-state index < -0.39 is 36.0 Å². The number of nitrogens with zero attached hydrogens (tertiary/aromatic N) is 1. The second kappa shape index (κ2) is 10.9. The smallest absolute Gasteiger partial charge is 0.273 e. The lowest BCUT2D eigenvalue weighted by atomic mass is 10.0. The van der Waals surface area contributed by atoms with Gasteiger partial charge in [-0.2, -0.15) is 0 Å². The van der Waals surface area contributed by atoms with Crippen molar-refractivity contribution in [2.24, 2.45) is 5.73 Å². The molecule has 1 aromatic heterocycles. The first-order chi connectivity index (χ1) is 15.3. The molecule has 0 saturated heterocycles. The minimum atomic E-state index is -1.14. The van der Waals surface area contributed by atoms with E-state index in [4.69, 9.17) is 10.2 Å². The van der Waals surface area contributed by atoms with Gasteiger partial charge in [-0.25, -0.2) is 4.98 Å². The molecule has 172 valence electrons. The lowest BCUT2D eigenvalue weighted by molar-refractivity contribution is -0.125. The van der Waals surface area contributed by atoms with Gasteiger partial charge >= 0.3 is 0 Å². The van der Waals surface area contributed by atoms with Crippen LogP contribution in [0.25, 0.3) is 0 Å². The van der Waals surface area contributed by atoms with Crippen molar-refractivity contribution in [1.82, 2.24) is 20.9 Å². The van der Waals surface area contributed by atoms with Gasteiger partial charge in [0.2, 0.25) is 17.7 Å². The van der Waals surface area contributed by atoms with E-state index in [9.17, 15) is 19.5 Å². The van der Waals surface area contributed by atoms with E-state index >= 15 is 0 Å². The van der Waals surface area contributed by atoms with Gasteiger partial charge in [-0.3, -0.25) is 14.4 Å². The van der Waals surface area contributed by atoms with E-state index in [1.54, 1.807) is 0 Å². The van der Waals surface area contributed by atoms with Crippen molar-refractivity contribution in [2.45, 2.75) is 56.8 Å². The number of carbonyl (C=O) groups excluding carboxylic acids is 3. The Labute approximate surface area is 186 Å². The number of hydrogen-bond acceptors (Lipinski definition) is 7. The number of nitrogens with two attached hydrogens (primary N) is 1. The van der Waals surface area contributed by atoms with Crippen LogP contribution in [0.5, 0.6) is 0 Å². The van der Waals surface area contributed by atoms with Gasteiger partial charge in [0.15, 0.2) is 5.69 Å². The Kier molecular flexibility index (Phi) is 7.96. The molecule has 10 nitrogen and oxygen atoms in total. The first-order valence-corrected chi connectivity index (χ1v) is 10.7. The number of fused-ring (bicyclic) bond motifs is 2. The van der Waals surface area contributed by atoms with E-state index in [-0.39, 0.29) is 17.5 Å². The molecule has 2 bridgehead atoms. The number of carbonyl (C=O) groups is 3. The second-order valence-electron chi connectivity index (χ2n) is 7.91. The summed E-state index contributed by atoms with van der Waals surface area (Å²) in [6.07, 6.45) is 2.09. The van der Waals surface area contributed by atoms with Crippen molar-refractivity contribution in [2.75, 3.05) is 6.54 Å². The summed E-state index contributed by atoms with van der Waals surface area (Å²) in [6.45, 7) is 1.75. The lowest BCUT2D eigenvalue weighted by Gasteiger charge is -2.21. The minimum absolute atomic E-state index is 0.0675. The summed E-state index contributed by atoms with van der Waals surface area (Å²) in [5.41, 5.74) is 6.93. The van der Waals surface area contributed by atoms with Gasteiger partial charge in [0.1, 0.15) is 18.3 Å². The summed E-state index contributed by atoms with van der Waals surface area (Å²) in [7, 11) is 0. The number of nitrogens with one attached hydrogen (secondary N) is 3. The number of amides is 3.